The molecule has 0 radical (unpaired) electrons. The summed E-state index contributed by atoms with van der Waals surface area (Å²) in [6.07, 6.45) is 0. The van der Waals surface area contributed by atoms with Gasteiger partial charge in [0.2, 0.25) is 5.91 Å². The third-order valence-electron chi connectivity index (χ3n) is 3.36. The van der Waals surface area contributed by atoms with E-state index < -0.39 is 0 Å². The van der Waals surface area contributed by atoms with Crippen molar-refractivity contribution in [2.24, 2.45) is 4.99 Å². The first-order valence-corrected chi connectivity index (χ1v) is 8.14. The Bertz CT molecular complexity index is 494. The smallest absolute Gasteiger partial charge is 0.241 e. The minimum absolute atomic E-state index is 0.0356. The maximum absolute atomic E-state index is 11.7. The van der Waals surface area contributed by atoms with E-state index in [0.29, 0.717) is 32.2 Å². The van der Waals surface area contributed by atoms with E-state index in [2.05, 4.69) is 20.9 Å². The van der Waals surface area contributed by atoms with Crippen LogP contribution in [0.5, 0.6) is 0 Å². The Hall–Kier alpha value is -2.12. The average Bonchev–Trinajstić information content (AvgIpc) is 2.61. The molecule has 24 heavy (non-hydrogen) atoms. The van der Waals surface area contributed by atoms with E-state index in [1.165, 1.54) is 0 Å². The molecule has 0 heterocycles. The third-order valence-corrected chi connectivity index (χ3v) is 3.36. The quantitative estimate of drug-likeness (QED) is 0.276. The van der Waals surface area contributed by atoms with Crippen LogP contribution < -0.4 is 16.0 Å². The standard InChI is InChI=1S/C17H28N4O3/c1-3-18-17(21-12-16(23)19-9-10-24-2)20-11-15(13-22)14-7-5-4-6-8-14/h4-8,15,22H,3,9-13H2,1-2H3,(H,19,23)(H2,18,20,21). The van der Waals surface area contributed by atoms with E-state index in [0.717, 1.165) is 5.56 Å². The van der Waals surface area contributed by atoms with Gasteiger partial charge in [0.25, 0.3) is 0 Å². The molecule has 0 fully saturated rings. The van der Waals surface area contributed by atoms with Gasteiger partial charge in [-0.1, -0.05) is 30.3 Å². The Morgan fingerprint density at radius 2 is 2.00 bits per heavy atom. The first-order chi connectivity index (χ1) is 11.7. The van der Waals surface area contributed by atoms with Gasteiger partial charge in [0.1, 0.15) is 6.54 Å². The first-order valence-electron chi connectivity index (χ1n) is 8.14. The Kier molecular flexibility index (Phi) is 10.2. The molecule has 0 bridgehead atoms. The summed E-state index contributed by atoms with van der Waals surface area (Å²) in [6, 6.07) is 9.80. The summed E-state index contributed by atoms with van der Waals surface area (Å²) in [4.78, 5) is 15.9. The molecular weight excluding hydrogens is 308 g/mol. The fourth-order valence-electron chi connectivity index (χ4n) is 2.07. The Morgan fingerprint density at radius 1 is 1.25 bits per heavy atom. The molecule has 7 nitrogen and oxygen atoms in total. The van der Waals surface area contributed by atoms with Crippen LogP contribution in [-0.2, 0) is 9.53 Å². The number of carbonyl (C=O) groups is 1. The van der Waals surface area contributed by atoms with Crippen molar-refractivity contribution < 1.29 is 14.6 Å². The van der Waals surface area contributed by atoms with Crippen LogP contribution in [0.3, 0.4) is 0 Å². The van der Waals surface area contributed by atoms with Crippen molar-refractivity contribution in [2.75, 3.05) is 46.5 Å². The molecule has 0 aliphatic heterocycles. The van der Waals surface area contributed by atoms with Crippen LogP contribution in [0.1, 0.15) is 18.4 Å². The number of hydrogen-bond donors (Lipinski definition) is 4. The highest BCUT2D eigenvalue weighted by Crippen LogP contribution is 2.13. The van der Waals surface area contributed by atoms with Gasteiger partial charge >= 0.3 is 0 Å². The van der Waals surface area contributed by atoms with Gasteiger partial charge < -0.3 is 25.8 Å². The summed E-state index contributed by atoms with van der Waals surface area (Å²) >= 11 is 0. The fraction of sp³-hybridized carbons (Fsp3) is 0.529. The van der Waals surface area contributed by atoms with Crippen molar-refractivity contribution in [3.05, 3.63) is 35.9 Å². The van der Waals surface area contributed by atoms with Crippen LogP contribution in [0.4, 0.5) is 0 Å². The summed E-state index contributed by atoms with van der Waals surface area (Å²) in [5, 5.41) is 18.6. The van der Waals surface area contributed by atoms with Crippen molar-refractivity contribution in [1.82, 2.24) is 16.0 Å². The number of rotatable bonds is 10. The maximum Gasteiger partial charge on any atom is 0.241 e. The molecule has 1 unspecified atom stereocenters. The SMILES string of the molecule is CCNC(=NCC(=O)NCCOC)NCC(CO)c1ccccc1. The number of guanidine groups is 1. The number of methoxy groups -OCH3 is 1. The molecule has 134 valence electrons. The van der Waals surface area contributed by atoms with Crippen molar-refractivity contribution in [3.63, 3.8) is 0 Å². The molecule has 4 N–H and O–H groups in total. The van der Waals surface area contributed by atoms with E-state index in [4.69, 9.17) is 4.74 Å². The molecule has 0 aliphatic rings. The second kappa shape index (κ2) is 12.3. The monoisotopic (exact) mass is 336 g/mol. The summed E-state index contributed by atoms with van der Waals surface area (Å²) in [5.74, 6) is 0.352. The number of amides is 1. The van der Waals surface area contributed by atoms with Crippen LogP contribution in [0.25, 0.3) is 0 Å². The number of nitrogens with zero attached hydrogens (tertiary/aromatic N) is 1. The topological polar surface area (TPSA) is 95.0 Å². The van der Waals surface area contributed by atoms with Crippen molar-refractivity contribution in [3.8, 4) is 0 Å². The Balaban J connectivity index is 2.52. The number of aliphatic imine (C=N–C) groups is 1. The average molecular weight is 336 g/mol. The highest BCUT2D eigenvalue weighted by Gasteiger charge is 2.11. The normalized spacial score (nSPS) is 12.5. The largest absolute Gasteiger partial charge is 0.396 e. The zero-order valence-corrected chi connectivity index (χ0v) is 14.4. The number of hydrogen-bond acceptors (Lipinski definition) is 4. The number of aliphatic hydroxyl groups excluding tert-OH is 1. The van der Waals surface area contributed by atoms with Crippen LogP contribution in [0.2, 0.25) is 0 Å². The second-order valence-electron chi connectivity index (χ2n) is 5.21. The Morgan fingerprint density at radius 3 is 2.62 bits per heavy atom. The predicted octanol–water partition coefficient (Wildman–Crippen LogP) is 0.0802. The molecule has 1 amide bonds. The lowest BCUT2D eigenvalue weighted by Gasteiger charge is -2.18. The minimum Gasteiger partial charge on any atom is -0.396 e. The molecule has 0 aromatic heterocycles. The zero-order chi connectivity index (χ0) is 17.6. The minimum atomic E-state index is -0.161. The van der Waals surface area contributed by atoms with Crippen molar-refractivity contribution >= 4 is 11.9 Å². The van der Waals surface area contributed by atoms with E-state index in [9.17, 15) is 9.90 Å². The van der Waals surface area contributed by atoms with Gasteiger partial charge in [-0.2, -0.15) is 0 Å². The van der Waals surface area contributed by atoms with Crippen molar-refractivity contribution in [2.45, 2.75) is 12.8 Å². The molecule has 1 atom stereocenters. The lowest BCUT2D eigenvalue weighted by molar-refractivity contribution is -0.119. The van der Waals surface area contributed by atoms with Crippen LogP contribution >= 0.6 is 0 Å². The number of ether oxygens (including phenoxy) is 1. The Labute approximate surface area is 143 Å². The molecule has 0 saturated carbocycles. The number of nitrogens with one attached hydrogen (secondary N) is 3. The van der Waals surface area contributed by atoms with Gasteiger partial charge in [0.05, 0.1) is 13.2 Å². The molecule has 1 aromatic carbocycles. The molecule has 0 aliphatic carbocycles. The number of carbonyl (C=O) groups excluding carboxylic acids is 1. The van der Waals surface area contributed by atoms with E-state index in [-0.39, 0.29) is 25.0 Å². The number of benzene rings is 1. The van der Waals surface area contributed by atoms with Gasteiger partial charge in [-0.05, 0) is 12.5 Å². The molecule has 1 rings (SSSR count). The first kappa shape index (κ1) is 19.9. The summed E-state index contributed by atoms with van der Waals surface area (Å²) in [5.41, 5.74) is 1.06. The highest BCUT2D eigenvalue weighted by molar-refractivity contribution is 5.84. The lowest BCUT2D eigenvalue weighted by atomic mass is 10.0. The molecular formula is C17H28N4O3. The van der Waals surface area contributed by atoms with E-state index >= 15 is 0 Å². The summed E-state index contributed by atoms with van der Waals surface area (Å²) < 4.78 is 4.88. The van der Waals surface area contributed by atoms with Gasteiger partial charge in [0.15, 0.2) is 5.96 Å². The number of aliphatic hydroxyl groups is 1. The van der Waals surface area contributed by atoms with Gasteiger partial charge in [-0.25, -0.2) is 4.99 Å². The van der Waals surface area contributed by atoms with Gasteiger partial charge in [-0.15, -0.1) is 0 Å². The van der Waals surface area contributed by atoms with Crippen molar-refractivity contribution in [1.29, 1.82) is 0 Å². The van der Waals surface area contributed by atoms with Crippen LogP contribution in [0.15, 0.2) is 35.3 Å². The van der Waals surface area contributed by atoms with Crippen LogP contribution in [0, 0.1) is 0 Å². The predicted molar refractivity (Wildman–Crippen MR) is 95.1 cm³/mol. The fourth-order valence-corrected chi connectivity index (χ4v) is 2.07. The molecule has 1 aromatic rings. The molecule has 7 heteroatoms. The zero-order valence-electron chi connectivity index (χ0n) is 14.4. The van der Waals surface area contributed by atoms with E-state index in [1.807, 2.05) is 37.3 Å². The summed E-state index contributed by atoms with van der Waals surface area (Å²) in [7, 11) is 1.59. The molecule has 0 spiro atoms. The van der Waals surface area contributed by atoms with Gasteiger partial charge in [-0.3, -0.25) is 4.79 Å². The van der Waals surface area contributed by atoms with Gasteiger partial charge in [0, 0.05) is 32.7 Å². The second-order valence-corrected chi connectivity index (χ2v) is 5.21. The van der Waals surface area contributed by atoms with Crippen LogP contribution in [-0.4, -0.2) is 63.5 Å². The summed E-state index contributed by atoms with van der Waals surface area (Å²) in [6.45, 7) is 4.18. The van der Waals surface area contributed by atoms with E-state index in [1.54, 1.807) is 7.11 Å². The maximum atomic E-state index is 11.7. The highest BCUT2D eigenvalue weighted by atomic mass is 16.5. The third kappa shape index (κ3) is 7.94. The lowest BCUT2D eigenvalue weighted by Crippen LogP contribution is -2.41. The molecule has 0 saturated heterocycles.